The van der Waals surface area contributed by atoms with Gasteiger partial charge in [-0.15, -0.1) is 0 Å². The molecule has 31 heavy (non-hydrogen) atoms. The van der Waals surface area contributed by atoms with Crippen LogP contribution in [0.3, 0.4) is 0 Å². The summed E-state index contributed by atoms with van der Waals surface area (Å²) in [5.41, 5.74) is 2.09. The lowest BCUT2D eigenvalue weighted by atomic mass is 10.1. The molecule has 2 aliphatic heterocycles. The van der Waals surface area contributed by atoms with Crippen LogP contribution >= 0.6 is 0 Å². The number of likely N-dealkylation sites (tertiary alicyclic amines) is 1. The maximum Gasteiger partial charge on any atom is 0.228 e. The first-order valence-electron chi connectivity index (χ1n) is 11.0. The highest BCUT2D eigenvalue weighted by atomic mass is 16.5. The molecule has 2 aromatic carbocycles. The number of hydrogen-bond donors (Lipinski definition) is 0. The molecule has 2 heterocycles. The summed E-state index contributed by atoms with van der Waals surface area (Å²) in [6.07, 6.45) is 2.32. The van der Waals surface area contributed by atoms with Crippen LogP contribution in [-0.2, 0) is 27.4 Å². The fraction of sp³-hybridized carbons (Fsp3) is 0.440. The lowest BCUT2D eigenvalue weighted by molar-refractivity contribution is -0.138. The number of rotatable bonds is 8. The molecule has 2 unspecified atom stereocenters. The fourth-order valence-electron chi connectivity index (χ4n) is 4.41. The van der Waals surface area contributed by atoms with Crippen LogP contribution in [0.15, 0.2) is 54.6 Å². The van der Waals surface area contributed by atoms with Crippen molar-refractivity contribution in [3.63, 3.8) is 0 Å². The van der Waals surface area contributed by atoms with E-state index in [1.165, 1.54) is 0 Å². The standard InChI is InChI=1S/C25H30N2O4/c1-30-22-10-5-9-20(13-22)16-27(18-23-11-6-12-31-23)25(29)21-14-24(28)26(17-21)15-19-7-3-2-4-8-19/h2-5,7-10,13,21,23H,6,11-12,14-18H2,1H3. The molecular weight excluding hydrogens is 392 g/mol. The van der Waals surface area contributed by atoms with Crippen molar-refractivity contribution in [1.82, 2.24) is 9.80 Å². The summed E-state index contributed by atoms with van der Waals surface area (Å²) >= 11 is 0. The Balaban J connectivity index is 1.46. The Morgan fingerprint density at radius 1 is 1.16 bits per heavy atom. The third-order valence-electron chi connectivity index (χ3n) is 6.05. The molecule has 6 nitrogen and oxygen atoms in total. The van der Waals surface area contributed by atoms with Crippen molar-refractivity contribution in [1.29, 1.82) is 0 Å². The van der Waals surface area contributed by atoms with Crippen LogP contribution in [0.25, 0.3) is 0 Å². The van der Waals surface area contributed by atoms with Gasteiger partial charge in [-0.2, -0.15) is 0 Å². The molecule has 2 saturated heterocycles. The zero-order chi connectivity index (χ0) is 21.6. The second-order valence-corrected chi connectivity index (χ2v) is 8.37. The molecule has 2 atom stereocenters. The van der Waals surface area contributed by atoms with Crippen molar-refractivity contribution in [3.05, 3.63) is 65.7 Å². The number of nitrogens with zero attached hydrogens (tertiary/aromatic N) is 2. The van der Waals surface area contributed by atoms with Crippen molar-refractivity contribution in [2.24, 2.45) is 5.92 Å². The van der Waals surface area contributed by atoms with Crippen molar-refractivity contribution in [2.45, 2.75) is 38.5 Å². The van der Waals surface area contributed by atoms with Gasteiger partial charge in [0.25, 0.3) is 0 Å². The van der Waals surface area contributed by atoms with E-state index in [2.05, 4.69) is 0 Å². The zero-order valence-corrected chi connectivity index (χ0v) is 18.0. The van der Waals surface area contributed by atoms with E-state index in [1.54, 1.807) is 12.0 Å². The number of amides is 2. The Kier molecular flexibility index (Phi) is 6.87. The summed E-state index contributed by atoms with van der Waals surface area (Å²) in [5, 5.41) is 0. The predicted octanol–water partition coefficient (Wildman–Crippen LogP) is 3.25. The smallest absolute Gasteiger partial charge is 0.228 e. The Bertz CT molecular complexity index is 895. The minimum Gasteiger partial charge on any atom is -0.497 e. The van der Waals surface area contributed by atoms with Crippen LogP contribution < -0.4 is 4.74 Å². The monoisotopic (exact) mass is 422 g/mol. The average molecular weight is 423 g/mol. The van der Waals surface area contributed by atoms with Gasteiger partial charge >= 0.3 is 0 Å². The van der Waals surface area contributed by atoms with Gasteiger partial charge in [0.1, 0.15) is 5.75 Å². The summed E-state index contributed by atoms with van der Waals surface area (Å²) in [6.45, 7) is 2.80. The molecule has 0 aromatic heterocycles. The quantitative estimate of drug-likeness (QED) is 0.655. The summed E-state index contributed by atoms with van der Waals surface area (Å²) in [5.74, 6) is 0.526. The molecule has 0 radical (unpaired) electrons. The van der Waals surface area contributed by atoms with Gasteiger partial charge in [-0.05, 0) is 36.1 Å². The maximum atomic E-state index is 13.5. The van der Waals surface area contributed by atoms with Gasteiger partial charge < -0.3 is 19.3 Å². The van der Waals surface area contributed by atoms with E-state index >= 15 is 0 Å². The van der Waals surface area contributed by atoms with Crippen LogP contribution in [-0.4, -0.2) is 54.5 Å². The Hall–Kier alpha value is -2.86. The van der Waals surface area contributed by atoms with Crippen LogP contribution in [0.4, 0.5) is 0 Å². The van der Waals surface area contributed by atoms with Crippen molar-refractivity contribution >= 4 is 11.8 Å². The van der Waals surface area contributed by atoms with Crippen LogP contribution in [0.1, 0.15) is 30.4 Å². The number of carbonyl (C=O) groups excluding carboxylic acids is 2. The summed E-state index contributed by atoms with van der Waals surface area (Å²) in [4.78, 5) is 29.8. The molecule has 0 spiro atoms. The molecule has 2 aliphatic rings. The first-order valence-corrected chi connectivity index (χ1v) is 11.0. The van der Waals surface area contributed by atoms with Gasteiger partial charge in [0.15, 0.2) is 0 Å². The Labute approximate surface area is 183 Å². The van der Waals surface area contributed by atoms with Gasteiger partial charge in [0.05, 0.1) is 19.1 Å². The highest BCUT2D eigenvalue weighted by Crippen LogP contribution is 2.25. The molecule has 0 N–H and O–H groups in total. The largest absolute Gasteiger partial charge is 0.497 e. The van der Waals surface area contributed by atoms with Crippen molar-refractivity contribution in [2.75, 3.05) is 26.8 Å². The summed E-state index contributed by atoms with van der Waals surface area (Å²) < 4.78 is 11.1. The van der Waals surface area contributed by atoms with Crippen LogP contribution in [0, 0.1) is 5.92 Å². The zero-order valence-electron chi connectivity index (χ0n) is 18.0. The average Bonchev–Trinajstić information content (AvgIpc) is 3.43. The number of hydrogen-bond acceptors (Lipinski definition) is 4. The van der Waals surface area contributed by atoms with E-state index in [4.69, 9.17) is 9.47 Å². The molecule has 4 rings (SSSR count). The number of ether oxygens (including phenoxy) is 2. The van der Waals surface area contributed by atoms with E-state index in [1.807, 2.05) is 59.5 Å². The third-order valence-corrected chi connectivity index (χ3v) is 6.05. The van der Waals surface area contributed by atoms with Gasteiger partial charge in [-0.3, -0.25) is 9.59 Å². The molecule has 0 saturated carbocycles. The van der Waals surface area contributed by atoms with Crippen molar-refractivity contribution < 1.29 is 19.1 Å². The van der Waals surface area contributed by atoms with E-state index in [-0.39, 0.29) is 30.3 Å². The van der Waals surface area contributed by atoms with Crippen molar-refractivity contribution in [3.8, 4) is 5.75 Å². The van der Waals surface area contributed by atoms with E-state index in [0.717, 1.165) is 36.3 Å². The van der Waals surface area contributed by atoms with E-state index in [0.29, 0.717) is 26.2 Å². The van der Waals surface area contributed by atoms with Crippen LogP contribution in [0.5, 0.6) is 5.75 Å². The highest BCUT2D eigenvalue weighted by Gasteiger charge is 2.37. The first-order chi connectivity index (χ1) is 15.1. The number of methoxy groups -OCH3 is 1. The topological polar surface area (TPSA) is 59.1 Å². The molecule has 164 valence electrons. The molecule has 0 aliphatic carbocycles. The van der Waals surface area contributed by atoms with Gasteiger partial charge in [-0.25, -0.2) is 0 Å². The summed E-state index contributed by atoms with van der Waals surface area (Å²) in [6, 6.07) is 17.7. The lowest BCUT2D eigenvalue weighted by Crippen LogP contribution is -2.41. The number of benzene rings is 2. The summed E-state index contributed by atoms with van der Waals surface area (Å²) in [7, 11) is 1.64. The number of carbonyl (C=O) groups is 2. The highest BCUT2D eigenvalue weighted by molar-refractivity contribution is 5.89. The molecule has 0 bridgehead atoms. The fourth-order valence-corrected chi connectivity index (χ4v) is 4.41. The molecule has 2 aromatic rings. The van der Waals surface area contributed by atoms with Gasteiger partial charge in [0, 0.05) is 39.2 Å². The molecule has 6 heteroatoms. The van der Waals surface area contributed by atoms with E-state index in [9.17, 15) is 9.59 Å². The predicted molar refractivity (Wildman–Crippen MR) is 117 cm³/mol. The second kappa shape index (κ2) is 9.96. The lowest BCUT2D eigenvalue weighted by Gasteiger charge is -2.28. The third kappa shape index (κ3) is 5.44. The van der Waals surface area contributed by atoms with Crippen LogP contribution in [0.2, 0.25) is 0 Å². The first kappa shape index (κ1) is 21.4. The van der Waals surface area contributed by atoms with Gasteiger partial charge in [0.2, 0.25) is 11.8 Å². The Morgan fingerprint density at radius 3 is 2.71 bits per heavy atom. The maximum absolute atomic E-state index is 13.5. The minimum atomic E-state index is -0.316. The second-order valence-electron chi connectivity index (χ2n) is 8.37. The Morgan fingerprint density at radius 2 is 1.97 bits per heavy atom. The molecule has 2 fully saturated rings. The minimum absolute atomic E-state index is 0.0298. The normalized spacial score (nSPS) is 20.8. The SMILES string of the molecule is COc1cccc(CN(CC2CCCO2)C(=O)C2CC(=O)N(Cc3ccccc3)C2)c1. The molecule has 2 amide bonds. The van der Waals surface area contributed by atoms with Gasteiger partial charge in [-0.1, -0.05) is 42.5 Å². The molecular formula is C25H30N2O4. The van der Waals surface area contributed by atoms with E-state index < -0.39 is 0 Å².